The Morgan fingerprint density at radius 3 is 1.96 bits per heavy atom. The average Bonchev–Trinajstić information content (AvgIpc) is 3.49. The topological polar surface area (TPSA) is 29.3 Å². The molecule has 0 saturated heterocycles. The van der Waals surface area contributed by atoms with Gasteiger partial charge in [-0.1, -0.05) is 127 Å². The predicted molar refractivity (Wildman–Crippen MR) is 192 cm³/mol. The van der Waals surface area contributed by atoms with Crippen molar-refractivity contribution in [1.82, 2.24) is 4.98 Å². The van der Waals surface area contributed by atoms with Gasteiger partial charge in [-0.15, -0.1) is 0 Å². The van der Waals surface area contributed by atoms with E-state index in [0.29, 0.717) is 0 Å². The molecule has 0 saturated carbocycles. The fourth-order valence-electron chi connectivity index (χ4n) is 6.73. The first-order chi connectivity index (χ1) is 22.8. The van der Waals surface area contributed by atoms with Gasteiger partial charge in [0.05, 0.1) is 11.1 Å². The summed E-state index contributed by atoms with van der Waals surface area (Å²) in [5.41, 5.74) is 8.38. The molecule has 9 aromatic rings. The van der Waals surface area contributed by atoms with Crippen molar-refractivity contribution >= 4 is 60.7 Å². The molecule has 216 valence electrons. The minimum Gasteiger partial charge on any atom is -0.456 e. The number of para-hydroxylation sites is 1. The first-order valence-electron chi connectivity index (χ1n) is 15.5. The van der Waals surface area contributed by atoms with Crippen LogP contribution in [0.3, 0.4) is 0 Å². The normalized spacial score (nSPS) is 11.5. The number of furan rings is 1. The van der Waals surface area contributed by atoms with Crippen molar-refractivity contribution in [3.05, 3.63) is 170 Å². The van der Waals surface area contributed by atoms with Gasteiger partial charge in [-0.2, -0.15) is 0 Å². The Kier molecular flexibility index (Phi) is 6.14. The van der Waals surface area contributed by atoms with Gasteiger partial charge in [0.25, 0.3) is 0 Å². The monoisotopic (exact) mass is 588 g/mol. The van der Waals surface area contributed by atoms with Gasteiger partial charge < -0.3 is 4.42 Å². The smallest absolute Gasteiger partial charge is 0.149 e. The van der Waals surface area contributed by atoms with Gasteiger partial charge in [0, 0.05) is 22.8 Å². The second kappa shape index (κ2) is 10.8. The molecule has 0 bridgehead atoms. The maximum atomic E-state index is 6.49. The summed E-state index contributed by atoms with van der Waals surface area (Å²) in [7, 11) is 0. The molecule has 9 rings (SSSR count). The van der Waals surface area contributed by atoms with Crippen LogP contribution in [0.4, 0.5) is 17.2 Å². The van der Waals surface area contributed by atoms with Crippen LogP contribution in [0.1, 0.15) is 0 Å². The van der Waals surface area contributed by atoms with Crippen LogP contribution in [0.15, 0.2) is 174 Å². The van der Waals surface area contributed by atoms with Crippen LogP contribution < -0.4 is 4.90 Å². The Balaban J connectivity index is 1.29. The van der Waals surface area contributed by atoms with Gasteiger partial charge in [0.1, 0.15) is 17.0 Å². The summed E-state index contributed by atoms with van der Waals surface area (Å²) in [5, 5.41) is 6.84. The van der Waals surface area contributed by atoms with Crippen molar-refractivity contribution < 1.29 is 4.42 Å². The van der Waals surface area contributed by atoms with Gasteiger partial charge in [0.2, 0.25) is 0 Å². The van der Waals surface area contributed by atoms with Crippen molar-refractivity contribution in [3.63, 3.8) is 0 Å². The Morgan fingerprint density at radius 2 is 1.11 bits per heavy atom. The SMILES string of the molecule is c1ccc(-c2ccccc2N(c2ccc(-c3cccc4ccccc34)cc2)c2nccc3oc4cc5ccccc5cc4c23)cc1. The number of pyridine rings is 1. The number of fused-ring (bicyclic) bond motifs is 5. The molecule has 0 spiro atoms. The lowest BCUT2D eigenvalue weighted by Gasteiger charge is -2.27. The average molecular weight is 589 g/mol. The van der Waals surface area contributed by atoms with Crippen LogP contribution in [-0.4, -0.2) is 4.98 Å². The molecule has 46 heavy (non-hydrogen) atoms. The van der Waals surface area contributed by atoms with Gasteiger partial charge in [0.15, 0.2) is 0 Å². The van der Waals surface area contributed by atoms with Crippen molar-refractivity contribution in [3.8, 4) is 22.3 Å². The fourth-order valence-corrected chi connectivity index (χ4v) is 6.73. The fraction of sp³-hybridized carbons (Fsp3) is 0. The lowest BCUT2D eigenvalue weighted by atomic mass is 9.97. The Morgan fingerprint density at radius 1 is 0.457 bits per heavy atom. The van der Waals surface area contributed by atoms with E-state index in [9.17, 15) is 0 Å². The van der Waals surface area contributed by atoms with Gasteiger partial charge >= 0.3 is 0 Å². The molecular formula is C43H28N2O. The molecular weight excluding hydrogens is 560 g/mol. The van der Waals surface area contributed by atoms with Gasteiger partial charge in [-0.05, 0) is 74.6 Å². The van der Waals surface area contributed by atoms with Crippen molar-refractivity contribution in [2.75, 3.05) is 4.90 Å². The highest BCUT2D eigenvalue weighted by Gasteiger charge is 2.23. The number of aromatic nitrogens is 1. The summed E-state index contributed by atoms with van der Waals surface area (Å²) in [6.45, 7) is 0. The minimum absolute atomic E-state index is 0.810. The summed E-state index contributed by atoms with van der Waals surface area (Å²) >= 11 is 0. The number of benzene rings is 7. The second-order valence-corrected chi connectivity index (χ2v) is 11.6. The van der Waals surface area contributed by atoms with E-state index in [1.54, 1.807) is 0 Å². The number of hydrogen-bond donors (Lipinski definition) is 0. The molecule has 0 N–H and O–H groups in total. The minimum atomic E-state index is 0.810. The number of anilines is 3. The zero-order valence-corrected chi connectivity index (χ0v) is 25.0. The molecule has 0 aliphatic rings. The zero-order valence-electron chi connectivity index (χ0n) is 25.0. The maximum Gasteiger partial charge on any atom is 0.149 e. The molecule has 0 atom stereocenters. The predicted octanol–water partition coefficient (Wildman–Crippen LogP) is 12.1. The lowest BCUT2D eigenvalue weighted by Crippen LogP contribution is -2.13. The molecule has 3 nitrogen and oxygen atoms in total. The van der Waals surface area contributed by atoms with E-state index in [0.717, 1.165) is 55.6 Å². The summed E-state index contributed by atoms with van der Waals surface area (Å²) in [5.74, 6) is 0.827. The Labute approximate surface area is 266 Å². The van der Waals surface area contributed by atoms with E-state index in [4.69, 9.17) is 9.40 Å². The first kappa shape index (κ1) is 26.2. The van der Waals surface area contributed by atoms with Crippen molar-refractivity contribution in [2.45, 2.75) is 0 Å². The van der Waals surface area contributed by atoms with Crippen LogP contribution in [0.5, 0.6) is 0 Å². The van der Waals surface area contributed by atoms with E-state index in [-0.39, 0.29) is 0 Å². The largest absolute Gasteiger partial charge is 0.456 e. The van der Waals surface area contributed by atoms with Crippen LogP contribution in [-0.2, 0) is 0 Å². The quantitative estimate of drug-likeness (QED) is 0.200. The first-order valence-corrected chi connectivity index (χ1v) is 15.5. The van der Waals surface area contributed by atoms with E-state index >= 15 is 0 Å². The summed E-state index contributed by atoms with van der Waals surface area (Å²) in [4.78, 5) is 7.36. The number of rotatable bonds is 5. The van der Waals surface area contributed by atoms with Crippen molar-refractivity contribution in [1.29, 1.82) is 0 Å². The summed E-state index contributed by atoms with van der Waals surface area (Å²) in [6.07, 6.45) is 1.85. The van der Waals surface area contributed by atoms with Crippen molar-refractivity contribution in [2.24, 2.45) is 0 Å². The third kappa shape index (κ3) is 4.33. The molecule has 0 fully saturated rings. The van der Waals surface area contributed by atoms with E-state index in [1.807, 2.05) is 12.3 Å². The molecule has 2 heterocycles. The highest BCUT2D eigenvalue weighted by molar-refractivity contribution is 6.15. The number of hydrogen-bond acceptors (Lipinski definition) is 3. The molecule has 0 aliphatic carbocycles. The third-order valence-electron chi connectivity index (χ3n) is 8.90. The highest BCUT2D eigenvalue weighted by Crippen LogP contribution is 2.45. The van der Waals surface area contributed by atoms with Crippen LogP contribution >= 0.6 is 0 Å². The zero-order chi connectivity index (χ0) is 30.5. The maximum absolute atomic E-state index is 6.49. The molecule has 0 amide bonds. The molecule has 7 aromatic carbocycles. The van der Waals surface area contributed by atoms with Gasteiger partial charge in [-0.25, -0.2) is 4.98 Å². The second-order valence-electron chi connectivity index (χ2n) is 11.6. The van der Waals surface area contributed by atoms with Gasteiger partial charge in [-0.3, -0.25) is 4.90 Å². The molecule has 3 heteroatoms. The summed E-state index contributed by atoms with van der Waals surface area (Å²) < 4.78 is 6.49. The Hall–Kier alpha value is -6.19. The van der Waals surface area contributed by atoms with E-state index in [1.165, 1.54) is 27.3 Å². The Bertz CT molecular complexity index is 2530. The summed E-state index contributed by atoms with van der Waals surface area (Å²) in [6, 6.07) is 57.8. The van der Waals surface area contributed by atoms with E-state index in [2.05, 4.69) is 163 Å². The standard InChI is InChI=1S/C43H28N2O/c1-2-11-30(12-3-1)37-18-8-9-20-39(37)45(34-23-21-31(22-24-34)36-19-10-16-29-13-6-7-17-35(29)36)43-42-38-27-32-14-4-5-15-33(32)28-41(38)46-40(42)25-26-44-43/h1-28H. The molecule has 0 aliphatic heterocycles. The van der Waals surface area contributed by atoms with Crippen LogP contribution in [0.2, 0.25) is 0 Å². The number of nitrogens with zero attached hydrogens (tertiary/aromatic N) is 2. The lowest BCUT2D eigenvalue weighted by molar-refractivity contribution is 0.669. The molecule has 2 aromatic heterocycles. The molecule has 0 unspecified atom stereocenters. The van der Waals surface area contributed by atoms with E-state index < -0.39 is 0 Å². The molecule has 0 radical (unpaired) electrons. The highest BCUT2D eigenvalue weighted by atomic mass is 16.3. The van der Waals surface area contributed by atoms with Crippen LogP contribution in [0, 0.1) is 0 Å². The van der Waals surface area contributed by atoms with Crippen LogP contribution in [0.25, 0.3) is 65.7 Å². The third-order valence-corrected chi connectivity index (χ3v) is 8.90.